The maximum Gasteiger partial charge on any atom is 0.275 e. The van der Waals surface area contributed by atoms with E-state index < -0.39 is 0 Å². The number of hydrogen-bond acceptors (Lipinski definition) is 4. The van der Waals surface area contributed by atoms with Crippen LogP contribution in [0.5, 0.6) is 5.75 Å². The molecule has 0 aliphatic carbocycles. The highest BCUT2D eigenvalue weighted by molar-refractivity contribution is 6.23. The van der Waals surface area contributed by atoms with Gasteiger partial charge in [0.15, 0.2) is 0 Å². The minimum absolute atomic E-state index is 0.0272. The highest BCUT2D eigenvalue weighted by Gasteiger charge is 2.43. The molecule has 0 aromatic heterocycles. The third-order valence-corrected chi connectivity index (χ3v) is 5.76. The summed E-state index contributed by atoms with van der Waals surface area (Å²) in [5, 5.41) is 3.37. The van der Waals surface area contributed by atoms with Crippen LogP contribution in [0, 0.1) is 0 Å². The molecule has 5 rings (SSSR count). The van der Waals surface area contributed by atoms with E-state index in [0.717, 1.165) is 33.8 Å². The molecule has 2 aliphatic rings. The van der Waals surface area contributed by atoms with Gasteiger partial charge in [0.25, 0.3) is 5.91 Å². The smallest absolute Gasteiger partial charge is 0.275 e. The topological polar surface area (TPSA) is 53.9 Å². The van der Waals surface area contributed by atoms with Crippen molar-refractivity contribution in [2.24, 2.45) is 4.99 Å². The van der Waals surface area contributed by atoms with E-state index >= 15 is 0 Å². The fourth-order valence-electron chi connectivity index (χ4n) is 4.40. The number of aliphatic imine (C=N–C) groups is 1. The van der Waals surface area contributed by atoms with E-state index in [1.165, 1.54) is 0 Å². The first kappa shape index (κ1) is 20.1. The van der Waals surface area contributed by atoms with Gasteiger partial charge in [0.05, 0.1) is 24.9 Å². The third-order valence-electron chi connectivity index (χ3n) is 5.76. The van der Waals surface area contributed by atoms with E-state index in [2.05, 4.69) is 17.4 Å². The number of nitrogens with zero attached hydrogens (tertiary/aromatic N) is 2. The van der Waals surface area contributed by atoms with Crippen LogP contribution in [0.2, 0.25) is 0 Å². The summed E-state index contributed by atoms with van der Waals surface area (Å²) < 4.78 is 5.62. The van der Waals surface area contributed by atoms with Crippen LogP contribution in [0.1, 0.15) is 24.1 Å². The summed E-state index contributed by atoms with van der Waals surface area (Å²) in [6, 6.07) is 27.7. The molecule has 0 saturated carbocycles. The summed E-state index contributed by atoms with van der Waals surface area (Å²) >= 11 is 0. The second-order valence-corrected chi connectivity index (χ2v) is 7.73. The molecule has 5 heteroatoms. The monoisotopic (exact) mass is 423 g/mol. The highest BCUT2D eigenvalue weighted by atomic mass is 16.5. The lowest BCUT2D eigenvalue weighted by Crippen LogP contribution is -2.33. The minimum atomic E-state index is -0.267. The van der Waals surface area contributed by atoms with Gasteiger partial charge in [0.1, 0.15) is 11.4 Å². The van der Waals surface area contributed by atoms with Crippen molar-refractivity contribution in [3.8, 4) is 5.75 Å². The Hall–Kier alpha value is -3.86. The zero-order chi connectivity index (χ0) is 21.9. The number of hydrogen-bond donors (Lipinski definition) is 1. The first-order valence-electron chi connectivity index (χ1n) is 11.0. The predicted octanol–water partition coefficient (Wildman–Crippen LogP) is 4.52. The zero-order valence-electron chi connectivity index (χ0n) is 18.0. The van der Waals surface area contributed by atoms with Crippen molar-refractivity contribution < 1.29 is 9.53 Å². The van der Waals surface area contributed by atoms with Crippen molar-refractivity contribution >= 4 is 17.3 Å². The summed E-state index contributed by atoms with van der Waals surface area (Å²) in [4.78, 5) is 20.5. The Balaban J connectivity index is 1.66. The second-order valence-electron chi connectivity index (χ2n) is 7.73. The molecule has 0 radical (unpaired) electrons. The van der Waals surface area contributed by atoms with Gasteiger partial charge in [-0.2, -0.15) is 0 Å². The van der Waals surface area contributed by atoms with Crippen LogP contribution >= 0.6 is 0 Å². The molecule has 0 bridgehead atoms. The number of anilines is 1. The molecule has 3 aromatic rings. The first-order chi connectivity index (χ1) is 15.8. The van der Waals surface area contributed by atoms with Gasteiger partial charge in [0.2, 0.25) is 0 Å². The maximum absolute atomic E-state index is 13.7. The zero-order valence-corrected chi connectivity index (χ0v) is 18.0. The SMILES string of the molecule is CCOc1ccc(C2=NCCNC3=C2[C@@H](c2ccccc2)N(c2ccccc2)C3=O)cc1. The van der Waals surface area contributed by atoms with Crippen LogP contribution in [0.3, 0.4) is 0 Å². The molecule has 1 amide bonds. The third kappa shape index (κ3) is 3.56. The van der Waals surface area contributed by atoms with Crippen molar-refractivity contribution in [1.29, 1.82) is 0 Å². The molecule has 32 heavy (non-hydrogen) atoms. The van der Waals surface area contributed by atoms with E-state index in [0.29, 0.717) is 25.4 Å². The quantitative estimate of drug-likeness (QED) is 0.657. The fourth-order valence-corrected chi connectivity index (χ4v) is 4.40. The normalized spacial score (nSPS) is 18.0. The Labute approximate surface area is 188 Å². The standard InChI is InChI=1S/C27H25N3O2/c1-2-32-22-15-13-19(14-16-22)24-23-25(29-18-17-28-24)27(31)30(21-11-7-4-8-12-21)26(23)20-9-5-3-6-10-20/h3-16,26,29H,2,17-18H2,1H3/t26-/m1/s1. The number of ether oxygens (including phenoxy) is 1. The van der Waals surface area contributed by atoms with Gasteiger partial charge in [-0.25, -0.2) is 0 Å². The molecular formula is C27H25N3O2. The average molecular weight is 424 g/mol. The van der Waals surface area contributed by atoms with Crippen LogP contribution in [-0.4, -0.2) is 31.3 Å². The van der Waals surface area contributed by atoms with Crippen LogP contribution in [0.15, 0.2) is 101 Å². The van der Waals surface area contributed by atoms with E-state index in [1.54, 1.807) is 0 Å². The number of carbonyl (C=O) groups excluding carboxylic acids is 1. The summed E-state index contributed by atoms with van der Waals surface area (Å²) in [5.74, 6) is 0.798. The van der Waals surface area contributed by atoms with Gasteiger partial charge in [0, 0.05) is 23.4 Å². The molecule has 0 spiro atoms. The van der Waals surface area contributed by atoms with E-state index in [1.807, 2.05) is 84.6 Å². The molecule has 0 unspecified atom stereocenters. The van der Waals surface area contributed by atoms with Crippen LogP contribution in [-0.2, 0) is 4.79 Å². The Morgan fingerprint density at radius 1 is 0.969 bits per heavy atom. The molecule has 160 valence electrons. The van der Waals surface area contributed by atoms with Crippen LogP contribution in [0.4, 0.5) is 5.69 Å². The molecule has 1 N–H and O–H groups in total. The number of para-hydroxylation sites is 1. The second kappa shape index (κ2) is 8.71. The molecule has 3 aromatic carbocycles. The number of carbonyl (C=O) groups is 1. The molecule has 0 saturated heterocycles. The predicted molar refractivity (Wildman–Crippen MR) is 127 cm³/mol. The van der Waals surface area contributed by atoms with E-state index in [9.17, 15) is 4.79 Å². The number of amides is 1. The molecule has 1 atom stereocenters. The van der Waals surface area contributed by atoms with Crippen molar-refractivity contribution in [2.75, 3.05) is 24.6 Å². The lowest BCUT2D eigenvalue weighted by molar-refractivity contribution is -0.115. The molecule has 0 fully saturated rings. The molecular weight excluding hydrogens is 398 g/mol. The Morgan fingerprint density at radius 2 is 1.66 bits per heavy atom. The van der Waals surface area contributed by atoms with E-state index in [4.69, 9.17) is 9.73 Å². The Bertz CT molecular complexity index is 1170. The fraction of sp³-hybridized carbons (Fsp3) is 0.185. The van der Waals surface area contributed by atoms with Crippen molar-refractivity contribution in [3.63, 3.8) is 0 Å². The average Bonchev–Trinajstić information content (AvgIpc) is 2.98. The summed E-state index contributed by atoms with van der Waals surface area (Å²) in [5.41, 5.74) is 5.31. The van der Waals surface area contributed by atoms with Gasteiger partial charge in [-0.1, -0.05) is 48.5 Å². The van der Waals surface area contributed by atoms with Gasteiger partial charge in [-0.05, 0) is 48.9 Å². The van der Waals surface area contributed by atoms with E-state index in [-0.39, 0.29) is 11.9 Å². The van der Waals surface area contributed by atoms with Crippen molar-refractivity contribution in [3.05, 3.63) is 107 Å². The number of nitrogens with one attached hydrogen (secondary N) is 1. The molecule has 5 nitrogen and oxygen atoms in total. The van der Waals surface area contributed by atoms with Crippen molar-refractivity contribution in [2.45, 2.75) is 13.0 Å². The van der Waals surface area contributed by atoms with Gasteiger partial charge < -0.3 is 10.1 Å². The lowest BCUT2D eigenvalue weighted by atomic mass is 9.91. The van der Waals surface area contributed by atoms with Gasteiger partial charge >= 0.3 is 0 Å². The Morgan fingerprint density at radius 3 is 2.34 bits per heavy atom. The van der Waals surface area contributed by atoms with Crippen molar-refractivity contribution in [1.82, 2.24) is 5.32 Å². The highest BCUT2D eigenvalue weighted by Crippen LogP contribution is 2.42. The summed E-state index contributed by atoms with van der Waals surface area (Å²) in [7, 11) is 0. The van der Waals surface area contributed by atoms with Crippen LogP contribution in [0.25, 0.3) is 0 Å². The number of benzene rings is 3. The first-order valence-corrected chi connectivity index (χ1v) is 11.0. The van der Waals surface area contributed by atoms with Gasteiger partial charge in [-0.15, -0.1) is 0 Å². The molecule has 2 heterocycles. The minimum Gasteiger partial charge on any atom is -0.494 e. The maximum atomic E-state index is 13.7. The summed E-state index contributed by atoms with van der Waals surface area (Å²) in [6.45, 7) is 3.82. The van der Waals surface area contributed by atoms with Crippen LogP contribution < -0.4 is 15.0 Å². The number of rotatable bonds is 5. The summed E-state index contributed by atoms with van der Waals surface area (Å²) in [6.07, 6.45) is 0. The largest absolute Gasteiger partial charge is 0.494 e. The van der Waals surface area contributed by atoms with Gasteiger partial charge in [-0.3, -0.25) is 14.7 Å². The Kier molecular flexibility index (Phi) is 5.46. The molecule has 2 aliphatic heterocycles. The lowest BCUT2D eigenvalue weighted by Gasteiger charge is -2.28.